The summed E-state index contributed by atoms with van der Waals surface area (Å²) in [5.74, 6) is 0.936. The Morgan fingerprint density at radius 2 is 2.00 bits per heavy atom. The molecule has 6 heteroatoms. The molecule has 0 spiro atoms. The molecule has 0 radical (unpaired) electrons. The fraction of sp³-hybridized carbons (Fsp3) is 0.188. The molecule has 22 heavy (non-hydrogen) atoms. The van der Waals surface area contributed by atoms with Crippen LogP contribution in [0.15, 0.2) is 41.6 Å². The fourth-order valence-corrected chi connectivity index (χ4v) is 2.40. The normalized spacial score (nSPS) is 10.9. The van der Waals surface area contributed by atoms with Gasteiger partial charge in [-0.2, -0.15) is 0 Å². The van der Waals surface area contributed by atoms with Crippen LogP contribution in [0, 0.1) is 0 Å². The van der Waals surface area contributed by atoms with E-state index in [1.165, 1.54) is 6.21 Å². The Kier molecular flexibility index (Phi) is 5.92. The number of hydrogen-bond acceptors (Lipinski definition) is 4. The molecule has 0 atom stereocenters. The van der Waals surface area contributed by atoms with Gasteiger partial charge >= 0.3 is 0 Å². The van der Waals surface area contributed by atoms with Crippen LogP contribution in [-0.4, -0.2) is 18.0 Å². The maximum absolute atomic E-state index is 8.62. The van der Waals surface area contributed by atoms with Crippen molar-refractivity contribution in [2.75, 3.05) is 6.61 Å². The first kappa shape index (κ1) is 16.5. The molecule has 1 N–H and O–H groups in total. The topological polar surface area (TPSA) is 51.0 Å². The second-order valence-electron chi connectivity index (χ2n) is 4.43. The highest BCUT2D eigenvalue weighted by Crippen LogP contribution is 2.37. The summed E-state index contributed by atoms with van der Waals surface area (Å²) >= 11 is 12.2. The number of nitrogens with zero attached hydrogens (tertiary/aromatic N) is 1. The van der Waals surface area contributed by atoms with Crippen molar-refractivity contribution in [3.8, 4) is 11.5 Å². The van der Waals surface area contributed by atoms with Crippen molar-refractivity contribution >= 4 is 29.4 Å². The lowest BCUT2D eigenvalue weighted by Crippen LogP contribution is -2.01. The van der Waals surface area contributed by atoms with E-state index in [1.54, 1.807) is 18.2 Å². The smallest absolute Gasteiger partial charge is 0.180 e. The van der Waals surface area contributed by atoms with Gasteiger partial charge in [-0.25, -0.2) is 0 Å². The Balaban J connectivity index is 2.25. The quantitative estimate of drug-likeness (QED) is 0.468. The van der Waals surface area contributed by atoms with Crippen LogP contribution in [0.3, 0.4) is 0 Å². The van der Waals surface area contributed by atoms with Gasteiger partial charge in [0.15, 0.2) is 11.5 Å². The summed E-state index contributed by atoms with van der Waals surface area (Å²) in [6.45, 7) is 2.64. The minimum atomic E-state index is 0.313. The van der Waals surface area contributed by atoms with E-state index < -0.39 is 0 Å². The molecule has 2 aromatic carbocycles. The van der Waals surface area contributed by atoms with Crippen molar-refractivity contribution < 1.29 is 14.7 Å². The molecular formula is C16H15Cl2NO3. The zero-order chi connectivity index (χ0) is 15.9. The van der Waals surface area contributed by atoms with E-state index in [0.29, 0.717) is 40.3 Å². The summed E-state index contributed by atoms with van der Waals surface area (Å²) in [6.07, 6.45) is 1.27. The number of benzene rings is 2. The Labute approximate surface area is 138 Å². The van der Waals surface area contributed by atoms with E-state index in [9.17, 15) is 0 Å². The summed E-state index contributed by atoms with van der Waals surface area (Å²) < 4.78 is 11.3. The molecule has 116 valence electrons. The molecule has 0 aliphatic rings. The summed E-state index contributed by atoms with van der Waals surface area (Å²) in [5, 5.41) is 12.6. The molecule has 0 heterocycles. The molecule has 2 rings (SSSR count). The van der Waals surface area contributed by atoms with E-state index in [-0.39, 0.29) is 0 Å². The summed E-state index contributed by atoms with van der Waals surface area (Å²) in [6, 6.07) is 10.7. The fourth-order valence-electron chi connectivity index (χ4n) is 1.91. The number of halogens is 2. The molecule has 0 aliphatic heterocycles. The van der Waals surface area contributed by atoms with Crippen molar-refractivity contribution in [1.29, 1.82) is 0 Å². The van der Waals surface area contributed by atoms with Crippen LogP contribution in [0.4, 0.5) is 0 Å². The van der Waals surface area contributed by atoms with Gasteiger partial charge in [0.2, 0.25) is 0 Å². The van der Waals surface area contributed by atoms with E-state index in [4.69, 9.17) is 37.9 Å². The third-order valence-electron chi connectivity index (χ3n) is 2.81. The highest BCUT2D eigenvalue weighted by molar-refractivity contribution is 6.32. The maximum atomic E-state index is 8.62. The van der Waals surface area contributed by atoms with Gasteiger partial charge in [-0.15, -0.1) is 0 Å². The Morgan fingerprint density at radius 3 is 2.68 bits per heavy atom. The standard InChI is InChI=1S/C16H15Cl2NO3/c1-2-21-15-8-12(9-19-20)7-14(18)16(15)22-10-11-4-3-5-13(17)6-11/h3-9,20H,2,10H2,1H3. The van der Waals surface area contributed by atoms with Crippen molar-refractivity contribution in [3.63, 3.8) is 0 Å². The van der Waals surface area contributed by atoms with E-state index >= 15 is 0 Å². The molecular weight excluding hydrogens is 325 g/mol. The van der Waals surface area contributed by atoms with Crippen molar-refractivity contribution in [2.24, 2.45) is 5.16 Å². The van der Waals surface area contributed by atoms with Gasteiger partial charge in [-0.3, -0.25) is 0 Å². The predicted octanol–water partition coefficient (Wildman–Crippen LogP) is 4.78. The largest absolute Gasteiger partial charge is 0.490 e. The van der Waals surface area contributed by atoms with Crippen molar-refractivity contribution in [1.82, 2.24) is 0 Å². The molecule has 0 aliphatic carbocycles. The maximum Gasteiger partial charge on any atom is 0.180 e. The first-order valence-electron chi connectivity index (χ1n) is 6.65. The molecule has 0 unspecified atom stereocenters. The first-order chi connectivity index (χ1) is 10.6. The molecule has 0 saturated carbocycles. The SMILES string of the molecule is CCOc1cc(C=NO)cc(Cl)c1OCc1cccc(Cl)c1. The van der Waals surface area contributed by atoms with E-state index in [2.05, 4.69) is 5.16 Å². The third-order valence-corrected chi connectivity index (χ3v) is 3.33. The van der Waals surface area contributed by atoms with Crippen molar-refractivity contribution in [2.45, 2.75) is 13.5 Å². The van der Waals surface area contributed by atoms with Gasteiger partial charge in [0.1, 0.15) is 6.61 Å². The zero-order valence-corrected chi connectivity index (χ0v) is 13.4. The second kappa shape index (κ2) is 7.92. The molecule has 0 fully saturated rings. The lowest BCUT2D eigenvalue weighted by molar-refractivity contribution is 0.269. The third kappa shape index (κ3) is 4.29. The van der Waals surface area contributed by atoms with Crippen LogP contribution in [0.5, 0.6) is 11.5 Å². The Hall–Kier alpha value is -1.91. The van der Waals surface area contributed by atoms with Gasteiger partial charge in [0.25, 0.3) is 0 Å². The van der Waals surface area contributed by atoms with Crippen molar-refractivity contribution in [3.05, 3.63) is 57.6 Å². The number of rotatable bonds is 6. The van der Waals surface area contributed by atoms with Crippen LogP contribution >= 0.6 is 23.2 Å². The van der Waals surface area contributed by atoms with Gasteiger partial charge in [0.05, 0.1) is 17.8 Å². The average Bonchev–Trinajstić information content (AvgIpc) is 2.47. The summed E-state index contributed by atoms with van der Waals surface area (Å²) in [4.78, 5) is 0. The molecule has 4 nitrogen and oxygen atoms in total. The molecule has 0 saturated heterocycles. The van der Waals surface area contributed by atoms with E-state index in [1.807, 2.05) is 25.1 Å². The van der Waals surface area contributed by atoms with Gasteiger partial charge < -0.3 is 14.7 Å². The van der Waals surface area contributed by atoms with Gasteiger partial charge in [0, 0.05) is 10.6 Å². The molecule has 2 aromatic rings. The van der Waals surface area contributed by atoms with Gasteiger partial charge in [-0.05, 0) is 36.8 Å². The Bertz CT molecular complexity index is 674. The molecule has 0 aromatic heterocycles. The number of ether oxygens (including phenoxy) is 2. The van der Waals surface area contributed by atoms with Crippen LogP contribution < -0.4 is 9.47 Å². The van der Waals surface area contributed by atoms with Gasteiger partial charge in [-0.1, -0.05) is 40.5 Å². The molecule has 0 bridgehead atoms. The number of hydrogen-bond donors (Lipinski definition) is 1. The highest BCUT2D eigenvalue weighted by atomic mass is 35.5. The second-order valence-corrected chi connectivity index (χ2v) is 5.27. The highest BCUT2D eigenvalue weighted by Gasteiger charge is 2.12. The van der Waals surface area contributed by atoms with Crippen LogP contribution in [0.2, 0.25) is 10.0 Å². The summed E-state index contributed by atoms with van der Waals surface area (Å²) in [7, 11) is 0. The van der Waals surface area contributed by atoms with Crippen LogP contribution in [0.25, 0.3) is 0 Å². The van der Waals surface area contributed by atoms with Crippen LogP contribution in [0.1, 0.15) is 18.1 Å². The summed E-state index contributed by atoms with van der Waals surface area (Å²) in [5.41, 5.74) is 1.54. The minimum Gasteiger partial charge on any atom is -0.490 e. The zero-order valence-electron chi connectivity index (χ0n) is 11.9. The lowest BCUT2D eigenvalue weighted by Gasteiger charge is -2.14. The minimum absolute atomic E-state index is 0.313. The number of oxime groups is 1. The first-order valence-corrected chi connectivity index (χ1v) is 7.40. The monoisotopic (exact) mass is 339 g/mol. The average molecular weight is 340 g/mol. The predicted molar refractivity (Wildman–Crippen MR) is 87.8 cm³/mol. The van der Waals surface area contributed by atoms with E-state index in [0.717, 1.165) is 5.56 Å². The lowest BCUT2D eigenvalue weighted by atomic mass is 10.2. The van der Waals surface area contributed by atoms with Crippen LogP contribution in [-0.2, 0) is 6.61 Å². The molecule has 0 amide bonds. The Morgan fingerprint density at radius 1 is 1.18 bits per heavy atom.